The van der Waals surface area contributed by atoms with Crippen molar-refractivity contribution in [2.45, 2.75) is 6.92 Å². The molecule has 0 aliphatic heterocycles. The lowest BCUT2D eigenvalue weighted by atomic mass is 10.1. The third kappa shape index (κ3) is 2.05. The molecule has 0 unspecified atom stereocenters. The van der Waals surface area contributed by atoms with Gasteiger partial charge in [0.1, 0.15) is 22.6 Å². The first-order valence-electron chi connectivity index (χ1n) is 4.44. The van der Waals surface area contributed by atoms with Crippen LogP contribution >= 0.6 is 0 Å². The molecule has 1 aromatic carbocycles. The fourth-order valence-electron chi connectivity index (χ4n) is 1.16. The van der Waals surface area contributed by atoms with Gasteiger partial charge >= 0.3 is 11.9 Å². The van der Waals surface area contributed by atoms with Crippen LogP contribution in [0.1, 0.15) is 27.6 Å². The van der Waals surface area contributed by atoms with Crippen molar-refractivity contribution in [2.75, 3.05) is 6.61 Å². The van der Waals surface area contributed by atoms with Crippen LogP contribution < -0.4 is 0 Å². The van der Waals surface area contributed by atoms with E-state index >= 15 is 0 Å². The van der Waals surface area contributed by atoms with E-state index < -0.39 is 29.0 Å². The zero-order chi connectivity index (χ0) is 12.3. The predicted octanol–water partition coefficient (Wildman–Crippen LogP) is 0.973. The molecule has 6 heteroatoms. The van der Waals surface area contributed by atoms with Crippen LogP contribution in [0.25, 0.3) is 0 Å². The van der Waals surface area contributed by atoms with Crippen molar-refractivity contribution in [3.05, 3.63) is 23.3 Å². The summed E-state index contributed by atoms with van der Waals surface area (Å²) < 4.78 is 4.61. The van der Waals surface area contributed by atoms with Gasteiger partial charge < -0.3 is 20.1 Å². The number of carbonyl (C=O) groups is 2. The number of rotatable bonds is 3. The average Bonchev–Trinajstić information content (AvgIpc) is 2.17. The summed E-state index contributed by atoms with van der Waals surface area (Å²) in [5.74, 6) is -3.78. The monoisotopic (exact) mass is 226 g/mol. The third-order valence-electron chi connectivity index (χ3n) is 1.87. The minimum Gasteiger partial charge on any atom is -0.507 e. The van der Waals surface area contributed by atoms with E-state index in [1.54, 1.807) is 6.92 Å². The number of benzene rings is 1. The standard InChI is InChI=1S/C10H10O6/c1-2-16-10(15)5-3-4-6(11)7(8(5)12)9(13)14/h3-4,11-12H,2H2,1H3,(H,13,14). The third-order valence-corrected chi connectivity index (χ3v) is 1.87. The van der Waals surface area contributed by atoms with E-state index in [-0.39, 0.29) is 12.2 Å². The van der Waals surface area contributed by atoms with Crippen molar-refractivity contribution >= 4 is 11.9 Å². The maximum absolute atomic E-state index is 11.3. The Hall–Kier alpha value is -2.24. The van der Waals surface area contributed by atoms with Gasteiger partial charge in [-0.3, -0.25) is 0 Å². The SMILES string of the molecule is CCOC(=O)c1ccc(O)c(C(=O)O)c1O. The number of carboxylic acids is 1. The molecule has 0 aromatic heterocycles. The fourth-order valence-corrected chi connectivity index (χ4v) is 1.16. The lowest BCUT2D eigenvalue weighted by Crippen LogP contribution is -2.07. The summed E-state index contributed by atoms with van der Waals surface area (Å²) in [7, 11) is 0. The summed E-state index contributed by atoms with van der Waals surface area (Å²) in [6, 6.07) is 2.10. The number of carbonyl (C=O) groups excluding carboxylic acids is 1. The van der Waals surface area contributed by atoms with Gasteiger partial charge in [-0.15, -0.1) is 0 Å². The molecule has 0 bridgehead atoms. The maximum atomic E-state index is 11.3. The van der Waals surface area contributed by atoms with Crippen molar-refractivity contribution in [1.82, 2.24) is 0 Å². The average molecular weight is 226 g/mol. The summed E-state index contributed by atoms with van der Waals surface area (Å²) in [6.45, 7) is 1.68. The molecule has 6 nitrogen and oxygen atoms in total. The Morgan fingerprint density at radius 3 is 2.44 bits per heavy atom. The van der Waals surface area contributed by atoms with Crippen molar-refractivity contribution in [1.29, 1.82) is 0 Å². The van der Waals surface area contributed by atoms with E-state index in [1.165, 1.54) is 0 Å². The van der Waals surface area contributed by atoms with Crippen LogP contribution in [0.3, 0.4) is 0 Å². The number of ether oxygens (including phenoxy) is 1. The van der Waals surface area contributed by atoms with E-state index in [9.17, 15) is 19.8 Å². The highest BCUT2D eigenvalue weighted by Gasteiger charge is 2.22. The van der Waals surface area contributed by atoms with E-state index in [1.807, 2.05) is 0 Å². The molecule has 16 heavy (non-hydrogen) atoms. The summed E-state index contributed by atoms with van der Waals surface area (Å²) in [5, 5.41) is 27.4. The summed E-state index contributed by atoms with van der Waals surface area (Å²) in [5.41, 5.74) is -1.01. The van der Waals surface area contributed by atoms with Gasteiger partial charge in [0.25, 0.3) is 0 Å². The van der Waals surface area contributed by atoms with Gasteiger partial charge in [-0.05, 0) is 19.1 Å². The van der Waals surface area contributed by atoms with E-state index in [4.69, 9.17) is 5.11 Å². The van der Waals surface area contributed by atoms with Crippen LogP contribution in [-0.2, 0) is 4.74 Å². The summed E-state index contributed by atoms with van der Waals surface area (Å²) in [4.78, 5) is 22.0. The topological polar surface area (TPSA) is 104 Å². The number of carboxylic acid groups (broad SMARTS) is 1. The molecule has 0 radical (unpaired) electrons. The number of aromatic hydroxyl groups is 2. The predicted molar refractivity (Wildman–Crippen MR) is 52.7 cm³/mol. The van der Waals surface area contributed by atoms with Gasteiger partial charge in [0.2, 0.25) is 0 Å². The molecule has 0 heterocycles. The zero-order valence-corrected chi connectivity index (χ0v) is 8.43. The number of aromatic carboxylic acids is 1. The Morgan fingerprint density at radius 2 is 1.94 bits per heavy atom. The lowest BCUT2D eigenvalue weighted by molar-refractivity contribution is 0.0523. The van der Waals surface area contributed by atoms with Gasteiger partial charge in [0.05, 0.1) is 6.61 Å². The Bertz CT molecular complexity index is 437. The largest absolute Gasteiger partial charge is 0.507 e. The molecule has 3 N–H and O–H groups in total. The molecule has 0 saturated carbocycles. The Labute approximate surface area is 90.7 Å². The fraction of sp³-hybridized carbons (Fsp3) is 0.200. The van der Waals surface area contributed by atoms with Crippen molar-refractivity contribution in [2.24, 2.45) is 0 Å². The molecular formula is C10H10O6. The van der Waals surface area contributed by atoms with Gasteiger partial charge in [0, 0.05) is 0 Å². The first kappa shape index (κ1) is 11.8. The van der Waals surface area contributed by atoms with E-state index in [0.717, 1.165) is 12.1 Å². The Morgan fingerprint density at radius 1 is 1.31 bits per heavy atom. The molecule has 0 aliphatic rings. The van der Waals surface area contributed by atoms with Crippen LogP contribution in [0.2, 0.25) is 0 Å². The Kier molecular flexibility index (Phi) is 3.34. The second-order valence-electron chi connectivity index (χ2n) is 2.88. The van der Waals surface area contributed by atoms with Gasteiger partial charge in [-0.1, -0.05) is 0 Å². The molecular weight excluding hydrogens is 216 g/mol. The van der Waals surface area contributed by atoms with Crippen molar-refractivity contribution in [3.8, 4) is 11.5 Å². The molecule has 86 valence electrons. The molecule has 0 spiro atoms. The molecule has 0 amide bonds. The highest BCUT2D eigenvalue weighted by molar-refractivity contribution is 6.01. The van der Waals surface area contributed by atoms with Crippen molar-refractivity contribution in [3.63, 3.8) is 0 Å². The van der Waals surface area contributed by atoms with Crippen LogP contribution in [0.5, 0.6) is 11.5 Å². The highest BCUT2D eigenvalue weighted by Crippen LogP contribution is 2.30. The zero-order valence-electron chi connectivity index (χ0n) is 8.43. The van der Waals surface area contributed by atoms with Crippen molar-refractivity contribution < 1.29 is 29.6 Å². The lowest BCUT2D eigenvalue weighted by Gasteiger charge is -2.07. The molecule has 0 fully saturated rings. The second-order valence-corrected chi connectivity index (χ2v) is 2.88. The van der Waals surface area contributed by atoms with Crippen LogP contribution in [0.15, 0.2) is 12.1 Å². The van der Waals surface area contributed by atoms with Gasteiger partial charge in [0.15, 0.2) is 0 Å². The number of phenols is 2. The number of hydrogen-bond donors (Lipinski definition) is 3. The summed E-state index contributed by atoms with van der Waals surface area (Å²) in [6.07, 6.45) is 0. The smallest absolute Gasteiger partial charge is 0.343 e. The quantitative estimate of drug-likeness (QED) is 0.663. The number of esters is 1. The maximum Gasteiger partial charge on any atom is 0.343 e. The molecule has 1 aromatic rings. The number of hydrogen-bond acceptors (Lipinski definition) is 5. The molecule has 0 atom stereocenters. The first-order chi connectivity index (χ1) is 7.49. The van der Waals surface area contributed by atoms with Crippen LogP contribution in [-0.4, -0.2) is 33.9 Å². The minimum absolute atomic E-state index is 0.0988. The Balaban J connectivity index is 3.29. The molecule has 1 rings (SSSR count). The van der Waals surface area contributed by atoms with Gasteiger partial charge in [-0.2, -0.15) is 0 Å². The normalized spacial score (nSPS) is 9.81. The molecule has 0 saturated heterocycles. The molecule has 0 aliphatic carbocycles. The van der Waals surface area contributed by atoms with E-state index in [2.05, 4.69) is 4.74 Å². The first-order valence-corrected chi connectivity index (χ1v) is 4.44. The van der Waals surface area contributed by atoms with E-state index in [0.29, 0.717) is 0 Å². The van der Waals surface area contributed by atoms with Crippen LogP contribution in [0.4, 0.5) is 0 Å². The minimum atomic E-state index is -1.53. The van der Waals surface area contributed by atoms with Crippen LogP contribution in [0, 0.1) is 0 Å². The summed E-state index contributed by atoms with van der Waals surface area (Å²) >= 11 is 0. The second kappa shape index (κ2) is 4.52. The highest BCUT2D eigenvalue weighted by atomic mass is 16.5. The van der Waals surface area contributed by atoms with Gasteiger partial charge in [-0.25, -0.2) is 9.59 Å².